The number of aliphatic hydroxyl groups is 2. The number of aromatic nitrogens is 5. The molecule has 0 unspecified atom stereocenters. The molecule has 4 aromatic rings. The minimum absolute atomic E-state index is 0.105. The lowest BCUT2D eigenvalue weighted by molar-refractivity contribution is -0.0619. The lowest BCUT2D eigenvalue weighted by Crippen LogP contribution is -2.52. The number of nitrogens with one attached hydrogen (secondary N) is 1. The van der Waals surface area contributed by atoms with E-state index in [2.05, 4.69) is 72.7 Å². The summed E-state index contributed by atoms with van der Waals surface area (Å²) in [5, 5.41) is 22.8. The number of nitrogen functional groups attached to an aromatic ring is 1. The standard InChI is InChI=1S/C32H45N7O3/c1-17(2)38(15-24-27(40)28(41)31(42-24)39-14-18(3)26-29(33)34-16-35-30(26)39)21-11-19(12-21)7-10-25-36-22-9-8-20(32(4,5)6)13-23(22)37-25/h8-9,13-14,16-17,19,21,24,27-28,31,40-41H,7,10-12,15H2,1-6H3,(H,36,37)(H2,33,34,35)/t19-,21+,24-,27-,28-,31-/m1/s1. The Labute approximate surface area is 247 Å². The number of H-pyrrole nitrogens is 1. The number of hydrogen-bond donors (Lipinski definition) is 4. The fourth-order valence-corrected chi connectivity index (χ4v) is 6.78. The molecule has 42 heavy (non-hydrogen) atoms. The summed E-state index contributed by atoms with van der Waals surface area (Å²) < 4.78 is 8.11. The maximum atomic E-state index is 11.0. The van der Waals surface area contributed by atoms with Gasteiger partial charge in [0.15, 0.2) is 6.23 Å². The van der Waals surface area contributed by atoms with Crippen LogP contribution in [0.5, 0.6) is 0 Å². The lowest BCUT2D eigenvalue weighted by Gasteiger charge is -2.46. The fraction of sp³-hybridized carbons (Fsp3) is 0.594. The number of aromatic amines is 1. The molecule has 4 atom stereocenters. The van der Waals surface area contributed by atoms with Gasteiger partial charge in [-0.3, -0.25) is 4.90 Å². The van der Waals surface area contributed by atoms with Crippen LogP contribution >= 0.6 is 0 Å². The Morgan fingerprint density at radius 2 is 1.93 bits per heavy atom. The van der Waals surface area contributed by atoms with Gasteiger partial charge in [0, 0.05) is 31.2 Å². The minimum Gasteiger partial charge on any atom is -0.387 e. The highest BCUT2D eigenvalue weighted by Crippen LogP contribution is 2.39. The molecule has 4 heterocycles. The Morgan fingerprint density at radius 3 is 2.64 bits per heavy atom. The van der Waals surface area contributed by atoms with E-state index in [-0.39, 0.29) is 11.5 Å². The number of benzene rings is 1. The Balaban J connectivity index is 1.07. The SMILES string of the molecule is Cc1cn([C@@H]2O[C@H](CN(C(C)C)[C@H]3C[C@@H](CCc4nc5cc(C(C)(C)C)ccc5[nH]4)C3)[C@@H](O)[C@H]2O)c2ncnc(N)c12. The van der Waals surface area contributed by atoms with Crippen molar-refractivity contribution >= 4 is 27.9 Å². The first kappa shape index (κ1) is 29.0. The van der Waals surface area contributed by atoms with Gasteiger partial charge in [-0.25, -0.2) is 15.0 Å². The molecule has 3 aromatic heterocycles. The van der Waals surface area contributed by atoms with Crippen molar-refractivity contribution in [1.29, 1.82) is 0 Å². The van der Waals surface area contributed by atoms with E-state index in [1.54, 1.807) is 4.57 Å². The van der Waals surface area contributed by atoms with Gasteiger partial charge in [0.25, 0.3) is 0 Å². The zero-order valence-corrected chi connectivity index (χ0v) is 25.6. The van der Waals surface area contributed by atoms with Crippen molar-refractivity contribution in [3.63, 3.8) is 0 Å². The summed E-state index contributed by atoms with van der Waals surface area (Å²) in [4.78, 5) is 19.3. The maximum absolute atomic E-state index is 11.0. The van der Waals surface area contributed by atoms with Gasteiger partial charge < -0.3 is 30.2 Å². The summed E-state index contributed by atoms with van der Waals surface area (Å²) in [6.45, 7) is 13.5. The number of ether oxygens (including phenoxy) is 1. The van der Waals surface area contributed by atoms with Crippen molar-refractivity contribution in [3.05, 3.63) is 47.7 Å². The quantitative estimate of drug-likeness (QED) is 0.245. The monoisotopic (exact) mass is 575 g/mol. The van der Waals surface area contributed by atoms with E-state index in [1.807, 2.05) is 13.1 Å². The third kappa shape index (κ3) is 5.30. The normalized spacial score (nSPS) is 26.6. The average molecular weight is 576 g/mol. The molecule has 1 aliphatic heterocycles. The van der Waals surface area contributed by atoms with Gasteiger partial charge in [0.05, 0.1) is 16.4 Å². The Morgan fingerprint density at radius 1 is 1.17 bits per heavy atom. The van der Waals surface area contributed by atoms with Crippen LogP contribution in [0.2, 0.25) is 0 Å². The molecule has 10 nitrogen and oxygen atoms in total. The highest BCUT2D eigenvalue weighted by molar-refractivity contribution is 5.89. The molecule has 1 aromatic carbocycles. The summed E-state index contributed by atoms with van der Waals surface area (Å²) in [6.07, 6.45) is 4.19. The second-order valence-electron chi connectivity index (χ2n) is 13.7. The summed E-state index contributed by atoms with van der Waals surface area (Å²) in [7, 11) is 0. The third-order valence-electron chi connectivity index (χ3n) is 9.36. The number of aryl methyl sites for hydroxylation is 2. The number of nitrogens with zero attached hydrogens (tertiary/aromatic N) is 5. The van der Waals surface area contributed by atoms with E-state index >= 15 is 0 Å². The van der Waals surface area contributed by atoms with Crippen LogP contribution in [-0.4, -0.2) is 76.6 Å². The average Bonchev–Trinajstić information content (AvgIpc) is 3.55. The Hall–Kier alpha value is -3.05. The number of fused-ring (bicyclic) bond motifs is 2. The van der Waals surface area contributed by atoms with Gasteiger partial charge in [0.2, 0.25) is 0 Å². The van der Waals surface area contributed by atoms with Crippen molar-refractivity contribution in [1.82, 2.24) is 29.4 Å². The fourth-order valence-electron chi connectivity index (χ4n) is 6.78. The molecule has 1 aliphatic carbocycles. The summed E-state index contributed by atoms with van der Waals surface area (Å²) in [6, 6.07) is 7.27. The van der Waals surface area contributed by atoms with Crippen molar-refractivity contribution < 1.29 is 14.9 Å². The largest absolute Gasteiger partial charge is 0.387 e. The van der Waals surface area contributed by atoms with E-state index in [4.69, 9.17) is 15.5 Å². The van der Waals surface area contributed by atoms with Gasteiger partial charge >= 0.3 is 0 Å². The van der Waals surface area contributed by atoms with E-state index in [9.17, 15) is 10.2 Å². The molecule has 0 spiro atoms. The van der Waals surface area contributed by atoms with Gasteiger partial charge in [-0.05, 0) is 74.6 Å². The smallest absolute Gasteiger partial charge is 0.164 e. The first-order valence-electron chi connectivity index (χ1n) is 15.2. The molecule has 0 radical (unpaired) electrons. The Bertz CT molecular complexity index is 1570. The Kier molecular flexibility index (Phi) is 7.54. The van der Waals surface area contributed by atoms with E-state index in [0.717, 1.165) is 53.5 Å². The molecular weight excluding hydrogens is 530 g/mol. The van der Waals surface area contributed by atoms with Crippen molar-refractivity contribution in [3.8, 4) is 0 Å². The molecule has 2 aliphatic rings. The summed E-state index contributed by atoms with van der Waals surface area (Å²) in [5.41, 5.74) is 11.1. The van der Waals surface area contributed by atoms with Gasteiger partial charge in [-0.2, -0.15) is 0 Å². The van der Waals surface area contributed by atoms with Crippen LogP contribution in [0.3, 0.4) is 0 Å². The van der Waals surface area contributed by atoms with Gasteiger partial charge in [-0.15, -0.1) is 0 Å². The van der Waals surface area contributed by atoms with Crippen LogP contribution in [-0.2, 0) is 16.6 Å². The van der Waals surface area contributed by atoms with E-state index < -0.39 is 24.5 Å². The summed E-state index contributed by atoms with van der Waals surface area (Å²) >= 11 is 0. The molecule has 0 bridgehead atoms. The van der Waals surface area contributed by atoms with E-state index in [0.29, 0.717) is 30.0 Å². The zero-order valence-electron chi connectivity index (χ0n) is 25.6. The predicted molar refractivity (Wildman–Crippen MR) is 164 cm³/mol. The molecule has 1 saturated carbocycles. The first-order chi connectivity index (χ1) is 19.9. The van der Waals surface area contributed by atoms with Crippen LogP contribution in [0.1, 0.15) is 77.1 Å². The number of aliphatic hydroxyl groups excluding tert-OH is 2. The second kappa shape index (κ2) is 10.9. The first-order valence-corrected chi connectivity index (χ1v) is 15.2. The number of hydrogen-bond acceptors (Lipinski definition) is 8. The topological polar surface area (TPSA) is 138 Å². The zero-order chi connectivity index (χ0) is 29.9. The van der Waals surface area contributed by atoms with Crippen molar-refractivity contribution in [2.45, 2.75) is 109 Å². The minimum atomic E-state index is -1.08. The van der Waals surface area contributed by atoms with Crippen LogP contribution in [0.4, 0.5) is 5.82 Å². The number of rotatable bonds is 8. The highest BCUT2D eigenvalue weighted by Gasteiger charge is 2.46. The molecule has 10 heteroatoms. The molecule has 226 valence electrons. The predicted octanol–water partition coefficient (Wildman–Crippen LogP) is 4.24. The number of nitrogens with two attached hydrogens (primary N) is 1. The summed E-state index contributed by atoms with van der Waals surface area (Å²) in [5.74, 6) is 2.09. The molecule has 5 N–H and O–H groups in total. The van der Waals surface area contributed by atoms with Gasteiger partial charge in [0.1, 0.15) is 41.9 Å². The number of imidazole rings is 1. The molecule has 1 saturated heterocycles. The van der Waals surface area contributed by atoms with Crippen molar-refractivity contribution in [2.24, 2.45) is 5.92 Å². The third-order valence-corrected chi connectivity index (χ3v) is 9.36. The van der Waals surface area contributed by atoms with Crippen LogP contribution < -0.4 is 5.73 Å². The molecular formula is C32H45N7O3. The maximum Gasteiger partial charge on any atom is 0.164 e. The van der Waals surface area contributed by atoms with Crippen LogP contribution in [0, 0.1) is 12.8 Å². The number of anilines is 1. The van der Waals surface area contributed by atoms with Crippen LogP contribution in [0.25, 0.3) is 22.1 Å². The molecule has 6 rings (SSSR count). The van der Waals surface area contributed by atoms with Gasteiger partial charge in [-0.1, -0.05) is 26.8 Å². The lowest BCUT2D eigenvalue weighted by atomic mass is 9.76. The highest BCUT2D eigenvalue weighted by atomic mass is 16.6. The van der Waals surface area contributed by atoms with E-state index in [1.165, 1.54) is 11.9 Å². The van der Waals surface area contributed by atoms with Crippen LogP contribution in [0.15, 0.2) is 30.7 Å². The molecule has 0 amide bonds. The second-order valence-corrected chi connectivity index (χ2v) is 13.7. The van der Waals surface area contributed by atoms with Crippen molar-refractivity contribution in [2.75, 3.05) is 12.3 Å². The molecule has 2 fully saturated rings.